The molecule has 6 unspecified atom stereocenters. The lowest BCUT2D eigenvalue weighted by atomic mass is 9.54. The summed E-state index contributed by atoms with van der Waals surface area (Å²) in [7, 11) is 0. The van der Waals surface area contributed by atoms with Crippen LogP contribution in [0.15, 0.2) is 12.2 Å². The molecule has 114 valence electrons. The molecule has 1 nitrogen and oxygen atoms in total. The second-order valence-electron chi connectivity index (χ2n) is 8.58. The van der Waals surface area contributed by atoms with Gasteiger partial charge < -0.3 is 5.11 Å². The Hall–Kier alpha value is -0.300. The maximum Gasteiger partial charge on any atom is 0.0484 e. The lowest BCUT2D eigenvalue weighted by molar-refractivity contribution is 0.00543. The Bertz CT molecular complexity index is 387. The first-order valence-corrected chi connectivity index (χ1v) is 8.74. The minimum atomic E-state index is 0.160. The van der Waals surface area contributed by atoms with Crippen molar-refractivity contribution >= 4 is 0 Å². The summed E-state index contributed by atoms with van der Waals surface area (Å²) in [6, 6.07) is 0. The standard InChI is InChI=1S/C19H32O/c1-12-5-6-17-14(3)13(2)9-15-10-19(4,11-20)8-7-16(12)18(15)17/h12,14-18,20H,2,5-11H2,1,3-4H3/t12?,14?,15?,16?,17?,18?,19-/m1/s1. The van der Waals surface area contributed by atoms with E-state index < -0.39 is 0 Å². The van der Waals surface area contributed by atoms with Gasteiger partial charge in [-0.15, -0.1) is 0 Å². The van der Waals surface area contributed by atoms with Gasteiger partial charge in [0.1, 0.15) is 0 Å². The molecule has 0 aliphatic heterocycles. The summed E-state index contributed by atoms with van der Waals surface area (Å²) in [6.45, 7) is 12.0. The van der Waals surface area contributed by atoms with E-state index in [0.29, 0.717) is 6.61 Å². The van der Waals surface area contributed by atoms with Gasteiger partial charge in [0, 0.05) is 6.61 Å². The predicted molar refractivity (Wildman–Crippen MR) is 84.3 cm³/mol. The van der Waals surface area contributed by atoms with Crippen LogP contribution in [0.5, 0.6) is 0 Å². The summed E-state index contributed by atoms with van der Waals surface area (Å²) in [6.07, 6.45) is 7.83. The molecule has 0 saturated heterocycles. The molecule has 1 heteroatoms. The first kappa shape index (κ1) is 14.6. The van der Waals surface area contributed by atoms with Gasteiger partial charge in [0.15, 0.2) is 0 Å². The average molecular weight is 276 g/mol. The highest BCUT2D eigenvalue weighted by molar-refractivity contribution is 5.13. The zero-order valence-electron chi connectivity index (χ0n) is 13.6. The van der Waals surface area contributed by atoms with Crippen molar-refractivity contribution < 1.29 is 5.11 Å². The molecule has 0 heterocycles. The van der Waals surface area contributed by atoms with Crippen LogP contribution in [-0.2, 0) is 0 Å². The Balaban J connectivity index is 1.94. The van der Waals surface area contributed by atoms with Gasteiger partial charge in [-0.2, -0.15) is 0 Å². The summed E-state index contributed by atoms with van der Waals surface area (Å²) >= 11 is 0. The van der Waals surface area contributed by atoms with Crippen LogP contribution in [-0.4, -0.2) is 11.7 Å². The molecule has 1 N–H and O–H groups in total. The second kappa shape index (κ2) is 5.16. The van der Waals surface area contributed by atoms with E-state index in [4.69, 9.17) is 0 Å². The third-order valence-electron chi connectivity index (χ3n) is 7.25. The minimum Gasteiger partial charge on any atom is -0.396 e. The number of allylic oxidation sites excluding steroid dienone is 1. The number of aliphatic hydroxyl groups is 1. The molecule has 0 aromatic rings. The fraction of sp³-hybridized carbons (Fsp3) is 0.895. The molecule has 3 aliphatic rings. The van der Waals surface area contributed by atoms with Crippen molar-refractivity contribution in [3.63, 3.8) is 0 Å². The molecule has 0 radical (unpaired) electrons. The SMILES string of the molecule is C=C1CC2C[C@](C)(CO)CCC3C(C)CCC(C1C)C23. The molecule has 3 rings (SSSR count). The highest BCUT2D eigenvalue weighted by Gasteiger charge is 2.50. The van der Waals surface area contributed by atoms with Crippen LogP contribution in [0.25, 0.3) is 0 Å². The smallest absolute Gasteiger partial charge is 0.0484 e. The molecular formula is C19H32O. The fourth-order valence-corrected chi connectivity index (χ4v) is 5.88. The van der Waals surface area contributed by atoms with Gasteiger partial charge in [0.05, 0.1) is 0 Å². The minimum absolute atomic E-state index is 0.160. The highest BCUT2D eigenvalue weighted by Crippen LogP contribution is 2.58. The Labute approximate surface area is 124 Å². The lowest BCUT2D eigenvalue weighted by Crippen LogP contribution is -2.44. The molecule has 0 amide bonds. The van der Waals surface area contributed by atoms with E-state index in [1.165, 1.54) is 44.1 Å². The van der Waals surface area contributed by atoms with Gasteiger partial charge in [-0.05, 0) is 73.0 Å². The van der Waals surface area contributed by atoms with Gasteiger partial charge in [-0.3, -0.25) is 0 Å². The second-order valence-corrected chi connectivity index (χ2v) is 8.58. The summed E-state index contributed by atoms with van der Waals surface area (Å²) < 4.78 is 0. The highest BCUT2D eigenvalue weighted by atomic mass is 16.3. The molecule has 3 aliphatic carbocycles. The van der Waals surface area contributed by atoms with E-state index in [0.717, 1.165) is 35.5 Å². The molecule has 0 bridgehead atoms. The normalized spacial score (nSPS) is 52.3. The van der Waals surface area contributed by atoms with E-state index in [-0.39, 0.29) is 5.41 Å². The Morgan fingerprint density at radius 2 is 1.95 bits per heavy atom. The fourth-order valence-electron chi connectivity index (χ4n) is 5.88. The van der Waals surface area contributed by atoms with E-state index in [1.54, 1.807) is 0 Å². The van der Waals surface area contributed by atoms with E-state index in [1.807, 2.05) is 0 Å². The summed E-state index contributed by atoms with van der Waals surface area (Å²) in [5, 5.41) is 9.87. The van der Waals surface area contributed by atoms with Crippen molar-refractivity contribution in [2.45, 2.75) is 59.3 Å². The Morgan fingerprint density at radius 1 is 1.20 bits per heavy atom. The van der Waals surface area contributed by atoms with Crippen LogP contribution in [0, 0.1) is 40.9 Å². The first-order chi connectivity index (χ1) is 9.45. The lowest BCUT2D eigenvalue weighted by Gasteiger charge is -2.51. The number of aliphatic hydroxyl groups excluding tert-OH is 1. The number of hydrogen-bond acceptors (Lipinski definition) is 1. The van der Waals surface area contributed by atoms with Crippen LogP contribution in [0.4, 0.5) is 0 Å². The summed E-state index contributed by atoms with van der Waals surface area (Å²) in [5.41, 5.74) is 1.65. The quantitative estimate of drug-likeness (QED) is 0.691. The topological polar surface area (TPSA) is 20.2 Å². The van der Waals surface area contributed by atoms with E-state index in [9.17, 15) is 5.11 Å². The molecule has 0 aromatic heterocycles. The predicted octanol–water partition coefficient (Wildman–Crippen LogP) is 4.66. The van der Waals surface area contributed by atoms with Crippen LogP contribution >= 0.6 is 0 Å². The number of hydrogen-bond donors (Lipinski definition) is 1. The largest absolute Gasteiger partial charge is 0.396 e. The van der Waals surface area contributed by atoms with Gasteiger partial charge in [-0.1, -0.05) is 39.3 Å². The van der Waals surface area contributed by atoms with Crippen molar-refractivity contribution in [1.29, 1.82) is 0 Å². The van der Waals surface area contributed by atoms with Crippen LogP contribution in [0.3, 0.4) is 0 Å². The van der Waals surface area contributed by atoms with Gasteiger partial charge in [0.2, 0.25) is 0 Å². The zero-order valence-corrected chi connectivity index (χ0v) is 13.6. The van der Waals surface area contributed by atoms with Crippen molar-refractivity contribution in [2.24, 2.45) is 40.9 Å². The van der Waals surface area contributed by atoms with E-state index in [2.05, 4.69) is 27.4 Å². The van der Waals surface area contributed by atoms with E-state index >= 15 is 0 Å². The van der Waals surface area contributed by atoms with Gasteiger partial charge in [-0.25, -0.2) is 0 Å². The molecule has 3 saturated carbocycles. The van der Waals surface area contributed by atoms with Crippen LogP contribution in [0.1, 0.15) is 59.3 Å². The molecule has 0 aromatic carbocycles. The zero-order chi connectivity index (χ0) is 14.5. The molecule has 3 fully saturated rings. The van der Waals surface area contributed by atoms with Gasteiger partial charge >= 0.3 is 0 Å². The average Bonchev–Trinajstić information content (AvgIpc) is 2.57. The third kappa shape index (κ3) is 2.26. The monoisotopic (exact) mass is 276 g/mol. The molecule has 7 atom stereocenters. The Morgan fingerprint density at radius 3 is 2.65 bits per heavy atom. The number of rotatable bonds is 1. The third-order valence-corrected chi connectivity index (χ3v) is 7.25. The molecular weight excluding hydrogens is 244 g/mol. The maximum atomic E-state index is 9.87. The summed E-state index contributed by atoms with van der Waals surface area (Å²) in [4.78, 5) is 0. The molecule has 20 heavy (non-hydrogen) atoms. The Kier molecular flexibility index (Phi) is 3.77. The summed E-state index contributed by atoms with van der Waals surface area (Å²) in [5.74, 6) is 5.10. The first-order valence-electron chi connectivity index (χ1n) is 8.74. The van der Waals surface area contributed by atoms with Crippen molar-refractivity contribution in [3.05, 3.63) is 12.2 Å². The van der Waals surface area contributed by atoms with Crippen molar-refractivity contribution in [3.8, 4) is 0 Å². The van der Waals surface area contributed by atoms with Gasteiger partial charge in [0.25, 0.3) is 0 Å². The van der Waals surface area contributed by atoms with Crippen LogP contribution < -0.4 is 0 Å². The maximum absolute atomic E-state index is 9.87. The van der Waals surface area contributed by atoms with Crippen LogP contribution in [0.2, 0.25) is 0 Å². The van der Waals surface area contributed by atoms with Crippen molar-refractivity contribution in [2.75, 3.05) is 6.61 Å². The molecule has 0 spiro atoms. The van der Waals surface area contributed by atoms with Crippen molar-refractivity contribution in [1.82, 2.24) is 0 Å².